The molecular weight excluding hydrogens is 206 g/mol. The second-order valence-corrected chi connectivity index (χ2v) is 5.02. The van der Waals surface area contributed by atoms with Crippen LogP contribution in [-0.4, -0.2) is 28.3 Å². The molecule has 0 aliphatic carbocycles. The summed E-state index contributed by atoms with van der Waals surface area (Å²) in [5.41, 5.74) is 1.03. The van der Waals surface area contributed by atoms with Crippen molar-refractivity contribution in [3.05, 3.63) is 18.0 Å². The van der Waals surface area contributed by atoms with Crippen LogP contribution in [-0.2, 0) is 0 Å². The molecule has 1 N–H and O–H groups in total. The molecule has 84 valence electrons. The highest BCUT2D eigenvalue weighted by Crippen LogP contribution is 2.18. The molecule has 0 saturated heterocycles. The van der Waals surface area contributed by atoms with Gasteiger partial charge in [0.05, 0.1) is 0 Å². The molecule has 0 amide bonds. The van der Waals surface area contributed by atoms with Gasteiger partial charge < -0.3 is 5.32 Å². The number of hydrogen-bond donors (Lipinski definition) is 1. The fourth-order valence-corrected chi connectivity index (χ4v) is 2.07. The highest BCUT2D eigenvalue weighted by atomic mass is 32.2. The molecule has 4 heteroatoms. The van der Waals surface area contributed by atoms with Crippen LogP contribution >= 0.6 is 11.8 Å². The van der Waals surface area contributed by atoms with Gasteiger partial charge in [0.15, 0.2) is 5.16 Å². The maximum atomic E-state index is 4.37. The van der Waals surface area contributed by atoms with Crippen LogP contribution in [0, 0.1) is 6.92 Å². The molecule has 1 aromatic heterocycles. The lowest BCUT2D eigenvalue weighted by atomic mass is 10.4. The molecule has 1 unspecified atom stereocenters. The molecule has 0 aliphatic rings. The van der Waals surface area contributed by atoms with E-state index in [1.807, 2.05) is 19.2 Å². The van der Waals surface area contributed by atoms with Gasteiger partial charge in [-0.1, -0.05) is 25.6 Å². The standard InChI is InChI=1S/C11H19N3S/c1-4-6-12-8-10(3)15-11-13-7-5-9(2)14-11/h5,7,10,12H,4,6,8H2,1-3H3. The lowest BCUT2D eigenvalue weighted by molar-refractivity contribution is 0.668. The first-order chi connectivity index (χ1) is 7.22. The first kappa shape index (κ1) is 12.5. The summed E-state index contributed by atoms with van der Waals surface area (Å²) in [6.45, 7) is 8.45. The normalized spacial score (nSPS) is 12.7. The van der Waals surface area contributed by atoms with Crippen LogP contribution in [0.1, 0.15) is 26.0 Å². The zero-order valence-electron chi connectivity index (χ0n) is 9.66. The zero-order valence-corrected chi connectivity index (χ0v) is 10.5. The zero-order chi connectivity index (χ0) is 11.1. The van der Waals surface area contributed by atoms with Crippen molar-refractivity contribution in [3.8, 4) is 0 Å². The third-order valence-electron chi connectivity index (χ3n) is 1.94. The van der Waals surface area contributed by atoms with Crippen molar-refractivity contribution in [1.29, 1.82) is 0 Å². The summed E-state index contributed by atoms with van der Waals surface area (Å²) in [5, 5.41) is 4.78. The first-order valence-electron chi connectivity index (χ1n) is 5.39. The number of rotatable bonds is 6. The Morgan fingerprint density at radius 1 is 1.53 bits per heavy atom. The maximum Gasteiger partial charge on any atom is 0.188 e. The van der Waals surface area contributed by atoms with Crippen LogP contribution in [0.25, 0.3) is 0 Å². The van der Waals surface area contributed by atoms with Crippen LogP contribution < -0.4 is 5.32 Å². The van der Waals surface area contributed by atoms with E-state index in [-0.39, 0.29) is 0 Å². The van der Waals surface area contributed by atoms with E-state index in [0.717, 1.165) is 23.9 Å². The summed E-state index contributed by atoms with van der Waals surface area (Å²) in [5.74, 6) is 0. The molecule has 0 saturated carbocycles. The Morgan fingerprint density at radius 3 is 3.00 bits per heavy atom. The average molecular weight is 225 g/mol. The molecule has 0 aliphatic heterocycles. The summed E-state index contributed by atoms with van der Waals surface area (Å²) < 4.78 is 0. The molecule has 1 rings (SSSR count). The number of aromatic nitrogens is 2. The monoisotopic (exact) mass is 225 g/mol. The molecule has 15 heavy (non-hydrogen) atoms. The predicted molar refractivity (Wildman–Crippen MR) is 65.2 cm³/mol. The molecule has 1 heterocycles. The van der Waals surface area contributed by atoms with E-state index < -0.39 is 0 Å². The van der Waals surface area contributed by atoms with E-state index >= 15 is 0 Å². The van der Waals surface area contributed by atoms with Gasteiger partial charge >= 0.3 is 0 Å². The number of nitrogens with zero attached hydrogens (tertiary/aromatic N) is 2. The molecule has 0 fully saturated rings. The van der Waals surface area contributed by atoms with Gasteiger partial charge in [0.25, 0.3) is 0 Å². The van der Waals surface area contributed by atoms with Crippen LogP contribution in [0.5, 0.6) is 0 Å². The Bertz CT molecular complexity index is 291. The Labute approximate surface area is 96.1 Å². The minimum absolute atomic E-state index is 0.512. The van der Waals surface area contributed by atoms with Crippen molar-refractivity contribution < 1.29 is 0 Å². The van der Waals surface area contributed by atoms with E-state index in [0.29, 0.717) is 5.25 Å². The summed E-state index contributed by atoms with van der Waals surface area (Å²) in [6.07, 6.45) is 3.00. The highest BCUT2D eigenvalue weighted by molar-refractivity contribution is 7.99. The number of aryl methyl sites for hydroxylation is 1. The SMILES string of the molecule is CCCNCC(C)Sc1nccc(C)n1. The van der Waals surface area contributed by atoms with Gasteiger partial charge in [0.1, 0.15) is 0 Å². The van der Waals surface area contributed by atoms with Crippen molar-refractivity contribution in [1.82, 2.24) is 15.3 Å². The van der Waals surface area contributed by atoms with E-state index in [1.165, 1.54) is 6.42 Å². The Hall–Kier alpha value is -0.610. The van der Waals surface area contributed by atoms with E-state index in [2.05, 4.69) is 29.1 Å². The number of thioether (sulfide) groups is 1. The van der Waals surface area contributed by atoms with Crippen LogP contribution in [0.4, 0.5) is 0 Å². The summed E-state index contributed by atoms with van der Waals surface area (Å²) in [6, 6.07) is 1.92. The minimum Gasteiger partial charge on any atom is -0.316 e. The first-order valence-corrected chi connectivity index (χ1v) is 6.27. The molecular formula is C11H19N3S. The van der Waals surface area contributed by atoms with E-state index in [1.54, 1.807) is 11.8 Å². The van der Waals surface area contributed by atoms with Crippen molar-refractivity contribution >= 4 is 11.8 Å². The van der Waals surface area contributed by atoms with Crippen molar-refractivity contribution in [2.75, 3.05) is 13.1 Å². The lowest BCUT2D eigenvalue weighted by Gasteiger charge is -2.10. The van der Waals surface area contributed by atoms with Crippen LogP contribution in [0.3, 0.4) is 0 Å². The predicted octanol–water partition coefficient (Wildman–Crippen LogP) is 2.27. The molecule has 3 nitrogen and oxygen atoms in total. The summed E-state index contributed by atoms with van der Waals surface area (Å²) in [7, 11) is 0. The van der Waals surface area contributed by atoms with E-state index in [4.69, 9.17) is 0 Å². The molecule has 1 aromatic rings. The summed E-state index contributed by atoms with van der Waals surface area (Å²) in [4.78, 5) is 8.60. The Morgan fingerprint density at radius 2 is 2.33 bits per heavy atom. The van der Waals surface area contributed by atoms with Crippen molar-refractivity contribution in [3.63, 3.8) is 0 Å². The molecule has 1 atom stereocenters. The second-order valence-electron chi connectivity index (χ2n) is 3.61. The molecule has 0 bridgehead atoms. The second kappa shape index (κ2) is 6.80. The number of nitrogens with one attached hydrogen (secondary N) is 1. The van der Waals surface area contributed by atoms with Crippen LogP contribution in [0.2, 0.25) is 0 Å². The molecule has 0 spiro atoms. The quantitative estimate of drug-likeness (QED) is 0.458. The Balaban J connectivity index is 2.34. The van der Waals surface area contributed by atoms with Crippen LogP contribution in [0.15, 0.2) is 17.4 Å². The van der Waals surface area contributed by atoms with Crippen molar-refractivity contribution in [2.45, 2.75) is 37.6 Å². The third-order valence-corrected chi connectivity index (χ3v) is 2.91. The van der Waals surface area contributed by atoms with E-state index in [9.17, 15) is 0 Å². The maximum absolute atomic E-state index is 4.37. The molecule has 0 radical (unpaired) electrons. The topological polar surface area (TPSA) is 37.8 Å². The number of hydrogen-bond acceptors (Lipinski definition) is 4. The lowest BCUT2D eigenvalue weighted by Crippen LogP contribution is -2.23. The summed E-state index contributed by atoms with van der Waals surface area (Å²) >= 11 is 1.72. The van der Waals surface area contributed by atoms with Crippen molar-refractivity contribution in [2.24, 2.45) is 0 Å². The van der Waals surface area contributed by atoms with Gasteiger partial charge in [-0.3, -0.25) is 0 Å². The van der Waals surface area contributed by atoms with Gasteiger partial charge in [-0.15, -0.1) is 0 Å². The minimum atomic E-state index is 0.512. The highest BCUT2D eigenvalue weighted by Gasteiger charge is 2.05. The van der Waals surface area contributed by atoms with Gasteiger partial charge in [-0.2, -0.15) is 0 Å². The van der Waals surface area contributed by atoms with Gasteiger partial charge in [-0.05, 0) is 26.0 Å². The fourth-order valence-electron chi connectivity index (χ4n) is 1.19. The average Bonchev–Trinajstić information content (AvgIpc) is 2.18. The van der Waals surface area contributed by atoms with Gasteiger partial charge in [0.2, 0.25) is 0 Å². The van der Waals surface area contributed by atoms with Gasteiger partial charge in [0, 0.05) is 23.7 Å². The third kappa shape index (κ3) is 5.14. The fraction of sp³-hybridized carbons (Fsp3) is 0.636. The van der Waals surface area contributed by atoms with Gasteiger partial charge in [-0.25, -0.2) is 9.97 Å². The Kier molecular flexibility index (Phi) is 5.65. The molecule has 0 aromatic carbocycles. The smallest absolute Gasteiger partial charge is 0.188 e. The largest absolute Gasteiger partial charge is 0.316 e.